The van der Waals surface area contributed by atoms with Gasteiger partial charge in [-0.15, -0.1) is 0 Å². The molecule has 9 nitrogen and oxygen atoms in total. The predicted octanol–water partition coefficient (Wildman–Crippen LogP) is -0.516. The van der Waals surface area contributed by atoms with E-state index in [4.69, 9.17) is 9.84 Å². The first-order chi connectivity index (χ1) is 9.13. The molecule has 0 aliphatic heterocycles. The molecular weight excluding hydrogens is 254 g/mol. The van der Waals surface area contributed by atoms with Gasteiger partial charge in [-0.25, -0.2) is 14.6 Å². The second-order valence-corrected chi connectivity index (χ2v) is 3.79. The van der Waals surface area contributed by atoms with Crippen molar-refractivity contribution in [2.75, 3.05) is 13.7 Å². The fourth-order valence-electron chi connectivity index (χ4n) is 1.38. The van der Waals surface area contributed by atoms with Crippen LogP contribution in [0.2, 0.25) is 0 Å². The molecule has 1 aromatic heterocycles. The summed E-state index contributed by atoms with van der Waals surface area (Å²) in [6.45, 7) is 0.599. The van der Waals surface area contributed by atoms with E-state index in [0.717, 1.165) is 0 Å². The number of nitrogens with zero attached hydrogens (tertiary/aromatic N) is 2. The Morgan fingerprint density at radius 2 is 2.37 bits per heavy atom. The Balaban J connectivity index is 2.32. The van der Waals surface area contributed by atoms with Crippen molar-refractivity contribution in [1.29, 1.82) is 0 Å². The molecule has 0 saturated heterocycles. The minimum atomic E-state index is -1.08. The standard InChI is InChI=1S/C10H17N5O4/c1-19-4-2-3-7(9(16)17)14-10(18)11-5-8-12-6-13-15-8/h6-7H,2-5H2,1H3,(H,16,17)(H2,11,14,18)(H,12,13,15). The van der Waals surface area contributed by atoms with Crippen molar-refractivity contribution < 1.29 is 19.4 Å². The summed E-state index contributed by atoms with van der Waals surface area (Å²) in [6.07, 6.45) is 2.18. The van der Waals surface area contributed by atoms with Crippen molar-refractivity contribution in [3.63, 3.8) is 0 Å². The zero-order chi connectivity index (χ0) is 14.1. The number of carboxylic acids is 1. The molecule has 4 N–H and O–H groups in total. The van der Waals surface area contributed by atoms with Gasteiger partial charge in [-0.2, -0.15) is 5.10 Å². The fraction of sp³-hybridized carbons (Fsp3) is 0.600. The Morgan fingerprint density at radius 3 is 2.95 bits per heavy atom. The number of H-pyrrole nitrogens is 1. The number of methoxy groups -OCH3 is 1. The molecule has 0 aromatic carbocycles. The summed E-state index contributed by atoms with van der Waals surface area (Å²) in [4.78, 5) is 26.3. The van der Waals surface area contributed by atoms with Crippen LogP contribution in [0.4, 0.5) is 4.79 Å². The number of nitrogens with one attached hydrogen (secondary N) is 3. The third-order valence-electron chi connectivity index (χ3n) is 2.33. The van der Waals surface area contributed by atoms with Crippen molar-refractivity contribution in [1.82, 2.24) is 25.8 Å². The van der Waals surface area contributed by atoms with Gasteiger partial charge in [-0.05, 0) is 12.8 Å². The van der Waals surface area contributed by atoms with E-state index in [1.54, 1.807) is 0 Å². The lowest BCUT2D eigenvalue weighted by atomic mass is 10.1. The number of aromatic amines is 1. The number of urea groups is 1. The summed E-state index contributed by atoms with van der Waals surface area (Å²) in [7, 11) is 1.54. The van der Waals surface area contributed by atoms with E-state index in [1.165, 1.54) is 13.4 Å². The monoisotopic (exact) mass is 271 g/mol. The van der Waals surface area contributed by atoms with Crippen LogP contribution in [0.15, 0.2) is 6.33 Å². The summed E-state index contributed by atoms with van der Waals surface area (Å²) < 4.78 is 4.83. The van der Waals surface area contributed by atoms with Gasteiger partial charge in [0.05, 0.1) is 6.54 Å². The second-order valence-electron chi connectivity index (χ2n) is 3.79. The molecule has 0 aliphatic carbocycles. The molecule has 9 heteroatoms. The third-order valence-corrected chi connectivity index (χ3v) is 2.33. The molecule has 1 heterocycles. The van der Waals surface area contributed by atoms with Crippen LogP contribution < -0.4 is 10.6 Å². The Hall–Kier alpha value is -2.16. The van der Waals surface area contributed by atoms with Gasteiger partial charge in [0.25, 0.3) is 0 Å². The number of ether oxygens (including phenoxy) is 1. The van der Waals surface area contributed by atoms with Gasteiger partial charge in [0.15, 0.2) is 0 Å². The zero-order valence-electron chi connectivity index (χ0n) is 10.5. The quantitative estimate of drug-likeness (QED) is 0.471. The predicted molar refractivity (Wildman–Crippen MR) is 64.3 cm³/mol. The minimum absolute atomic E-state index is 0.149. The molecule has 2 amide bonds. The van der Waals surface area contributed by atoms with Crippen molar-refractivity contribution >= 4 is 12.0 Å². The lowest BCUT2D eigenvalue weighted by molar-refractivity contribution is -0.139. The number of aliphatic carboxylic acids is 1. The molecule has 19 heavy (non-hydrogen) atoms. The Bertz CT molecular complexity index is 395. The number of carbonyl (C=O) groups excluding carboxylic acids is 1. The molecule has 0 saturated carbocycles. The first-order valence-electron chi connectivity index (χ1n) is 5.74. The van der Waals surface area contributed by atoms with Gasteiger partial charge >= 0.3 is 12.0 Å². The maximum atomic E-state index is 11.5. The van der Waals surface area contributed by atoms with E-state index in [0.29, 0.717) is 25.3 Å². The Kier molecular flexibility index (Phi) is 6.30. The van der Waals surface area contributed by atoms with Gasteiger partial charge in [0, 0.05) is 13.7 Å². The van der Waals surface area contributed by atoms with Gasteiger partial charge in [0.1, 0.15) is 18.2 Å². The van der Waals surface area contributed by atoms with Crippen LogP contribution in [-0.2, 0) is 16.1 Å². The van der Waals surface area contributed by atoms with Crippen LogP contribution in [0.3, 0.4) is 0 Å². The van der Waals surface area contributed by atoms with Crippen molar-refractivity contribution in [3.05, 3.63) is 12.2 Å². The largest absolute Gasteiger partial charge is 0.480 e. The maximum Gasteiger partial charge on any atom is 0.326 e. The number of hydrogen-bond acceptors (Lipinski definition) is 5. The van der Waals surface area contributed by atoms with Crippen LogP contribution in [0.1, 0.15) is 18.7 Å². The Morgan fingerprint density at radius 1 is 1.58 bits per heavy atom. The number of amides is 2. The second kappa shape index (κ2) is 8.03. The molecule has 1 atom stereocenters. The van der Waals surface area contributed by atoms with Crippen molar-refractivity contribution in [3.8, 4) is 0 Å². The number of rotatable bonds is 8. The maximum absolute atomic E-state index is 11.5. The van der Waals surface area contributed by atoms with Crippen LogP contribution in [0, 0.1) is 0 Å². The smallest absolute Gasteiger partial charge is 0.326 e. The first-order valence-corrected chi connectivity index (χ1v) is 5.74. The molecule has 0 fully saturated rings. The highest BCUT2D eigenvalue weighted by atomic mass is 16.5. The molecular formula is C10H17N5O4. The highest BCUT2D eigenvalue weighted by Crippen LogP contribution is 1.98. The van der Waals surface area contributed by atoms with Gasteiger partial charge in [-0.3, -0.25) is 5.10 Å². The van der Waals surface area contributed by atoms with E-state index in [-0.39, 0.29) is 6.54 Å². The van der Waals surface area contributed by atoms with Crippen molar-refractivity contribution in [2.24, 2.45) is 0 Å². The van der Waals surface area contributed by atoms with Gasteiger partial charge < -0.3 is 20.5 Å². The molecule has 1 rings (SSSR count). The average molecular weight is 271 g/mol. The number of aromatic nitrogens is 3. The van der Waals surface area contributed by atoms with E-state index < -0.39 is 18.0 Å². The van der Waals surface area contributed by atoms with E-state index in [2.05, 4.69) is 25.8 Å². The van der Waals surface area contributed by atoms with Gasteiger partial charge in [-0.1, -0.05) is 0 Å². The van der Waals surface area contributed by atoms with E-state index in [9.17, 15) is 9.59 Å². The van der Waals surface area contributed by atoms with Gasteiger partial charge in [0.2, 0.25) is 0 Å². The number of hydrogen-bond donors (Lipinski definition) is 4. The minimum Gasteiger partial charge on any atom is -0.480 e. The third kappa shape index (κ3) is 5.82. The highest BCUT2D eigenvalue weighted by Gasteiger charge is 2.19. The lowest BCUT2D eigenvalue weighted by Gasteiger charge is -2.14. The summed E-state index contributed by atoms with van der Waals surface area (Å²) >= 11 is 0. The number of carboxylic acid groups (broad SMARTS) is 1. The molecule has 0 spiro atoms. The SMILES string of the molecule is COCCCC(NC(=O)NCc1ncn[nH]1)C(=O)O. The fourth-order valence-corrected chi connectivity index (χ4v) is 1.38. The van der Waals surface area contributed by atoms with E-state index >= 15 is 0 Å². The molecule has 1 unspecified atom stereocenters. The summed E-state index contributed by atoms with van der Waals surface area (Å²) in [5, 5.41) is 20.0. The average Bonchev–Trinajstić information content (AvgIpc) is 2.88. The summed E-state index contributed by atoms with van der Waals surface area (Å²) in [5.74, 6) is -0.590. The number of carbonyl (C=O) groups is 2. The van der Waals surface area contributed by atoms with Crippen molar-refractivity contribution in [2.45, 2.75) is 25.4 Å². The van der Waals surface area contributed by atoms with E-state index in [1.807, 2.05) is 0 Å². The van der Waals surface area contributed by atoms with Crippen LogP contribution >= 0.6 is 0 Å². The summed E-state index contributed by atoms with van der Waals surface area (Å²) in [6, 6.07) is -1.51. The van der Waals surface area contributed by atoms with Crippen LogP contribution in [0.25, 0.3) is 0 Å². The zero-order valence-corrected chi connectivity index (χ0v) is 10.5. The lowest BCUT2D eigenvalue weighted by Crippen LogP contribution is -2.45. The topological polar surface area (TPSA) is 129 Å². The normalized spacial score (nSPS) is 11.8. The summed E-state index contributed by atoms with van der Waals surface area (Å²) in [5.41, 5.74) is 0. The molecule has 0 bridgehead atoms. The highest BCUT2D eigenvalue weighted by molar-refractivity contribution is 5.82. The molecule has 106 valence electrons. The first kappa shape index (κ1) is 14.9. The van der Waals surface area contributed by atoms with Crippen LogP contribution in [-0.4, -0.2) is 52.0 Å². The molecule has 0 aliphatic rings. The molecule has 0 radical (unpaired) electrons. The Labute approximate surface area is 109 Å². The molecule has 1 aromatic rings. The van der Waals surface area contributed by atoms with Crippen LogP contribution in [0.5, 0.6) is 0 Å².